The second kappa shape index (κ2) is 8.27. The van der Waals surface area contributed by atoms with Crippen molar-refractivity contribution in [3.8, 4) is 0 Å². The summed E-state index contributed by atoms with van der Waals surface area (Å²) < 4.78 is 0. The van der Waals surface area contributed by atoms with E-state index in [2.05, 4.69) is 15.3 Å². The molecule has 0 bridgehead atoms. The first-order chi connectivity index (χ1) is 14.0. The number of carbonyl (C=O) groups excluding carboxylic acids is 1. The standard InChI is InChI=1S/C22H29N5O2/c1-26(2)17-7-5-6-15(14-17)21(29)27-12-10-16(11-13-27)23-22-24-19-9-4-3-8-18(19)20(28)25-22/h5-7,14,16H,3-4,8-13H2,1-2H3,(H2,23,24,25,28). The van der Waals surface area contributed by atoms with Gasteiger partial charge in [-0.1, -0.05) is 6.07 Å². The summed E-state index contributed by atoms with van der Waals surface area (Å²) in [7, 11) is 3.94. The molecule has 7 heteroatoms. The van der Waals surface area contributed by atoms with Crippen LogP contribution in [-0.4, -0.2) is 54.0 Å². The second-order valence-corrected chi connectivity index (χ2v) is 8.20. The lowest BCUT2D eigenvalue weighted by molar-refractivity contribution is 0.0718. The number of hydrogen-bond donors (Lipinski definition) is 2. The minimum atomic E-state index is -0.00872. The van der Waals surface area contributed by atoms with E-state index in [0.29, 0.717) is 19.0 Å². The highest BCUT2D eigenvalue weighted by Crippen LogP contribution is 2.21. The number of aromatic nitrogens is 2. The van der Waals surface area contributed by atoms with Gasteiger partial charge in [0.05, 0.1) is 5.69 Å². The molecule has 0 saturated carbocycles. The molecule has 2 aromatic rings. The Hall–Kier alpha value is -2.83. The number of piperidine rings is 1. The van der Waals surface area contributed by atoms with Gasteiger partial charge >= 0.3 is 0 Å². The van der Waals surface area contributed by atoms with Crippen molar-refractivity contribution in [3.05, 3.63) is 51.4 Å². The number of aromatic amines is 1. The number of anilines is 2. The molecule has 2 N–H and O–H groups in total. The fourth-order valence-corrected chi connectivity index (χ4v) is 4.19. The molecule has 1 aromatic carbocycles. The number of nitrogens with one attached hydrogen (secondary N) is 2. The summed E-state index contributed by atoms with van der Waals surface area (Å²) in [5.74, 6) is 0.645. The summed E-state index contributed by atoms with van der Waals surface area (Å²) in [6, 6.07) is 7.95. The summed E-state index contributed by atoms with van der Waals surface area (Å²) in [6.45, 7) is 1.38. The van der Waals surface area contributed by atoms with E-state index in [9.17, 15) is 9.59 Å². The maximum Gasteiger partial charge on any atom is 0.255 e. The number of nitrogens with zero attached hydrogens (tertiary/aromatic N) is 3. The fraction of sp³-hybridized carbons (Fsp3) is 0.500. The van der Waals surface area contributed by atoms with Crippen molar-refractivity contribution >= 4 is 17.5 Å². The molecule has 2 aliphatic rings. The lowest BCUT2D eigenvalue weighted by Crippen LogP contribution is -2.42. The Balaban J connectivity index is 1.37. The van der Waals surface area contributed by atoms with Crippen LogP contribution in [0, 0.1) is 0 Å². The lowest BCUT2D eigenvalue weighted by atomic mass is 9.97. The molecule has 0 atom stereocenters. The molecule has 1 amide bonds. The molecular formula is C22H29N5O2. The maximum absolute atomic E-state index is 12.9. The van der Waals surface area contributed by atoms with Crippen LogP contribution in [0.15, 0.2) is 29.1 Å². The van der Waals surface area contributed by atoms with Gasteiger partial charge in [0, 0.05) is 50.0 Å². The van der Waals surface area contributed by atoms with E-state index in [1.807, 2.05) is 48.2 Å². The van der Waals surface area contributed by atoms with Gasteiger partial charge in [-0.3, -0.25) is 14.6 Å². The summed E-state index contributed by atoms with van der Waals surface area (Å²) in [5, 5.41) is 3.38. The van der Waals surface area contributed by atoms with Gasteiger partial charge in [0.1, 0.15) is 0 Å². The van der Waals surface area contributed by atoms with Crippen LogP contribution in [0.2, 0.25) is 0 Å². The predicted molar refractivity (Wildman–Crippen MR) is 115 cm³/mol. The molecule has 0 unspecified atom stereocenters. The molecule has 1 fully saturated rings. The Morgan fingerprint density at radius 3 is 2.72 bits per heavy atom. The van der Waals surface area contributed by atoms with Crippen molar-refractivity contribution in [3.63, 3.8) is 0 Å². The van der Waals surface area contributed by atoms with Crippen LogP contribution in [0.4, 0.5) is 11.6 Å². The molecule has 0 spiro atoms. The fourth-order valence-electron chi connectivity index (χ4n) is 4.19. The summed E-state index contributed by atoms with van der Waals surface area (Å²) in [6.07, 6.45) is 5.53. The quantitative estimate of drug-likeness (QED) is 0.831. The van der Waals surface area contributed by atoms with Crippen LogP contribution in [0.25, 0.3) is 0 Å². The number of amides is 1. The first-order valence-corrected chi connectivity index (χ1v) is 10.5. The third-order valence-corrected chi connectivity index (χ3v) is 5.92. The zero-order chi connectivity index (χ0) is 20.4. The molecule has 0 radical (unpaired) electrons. The van der Waals surface area contributed by atoms with Crippen LogP contribution in [0.5, 0.6) is 0 Å². The number of fused-ring (bicyclic) bond motifs is 1. The molecule has 154 valence electrons. The van der Waals surface area contributed by atoms with Gasteiger partial charge in [0.15, 0.2) is 0 Å². The van der Waals surface area contributed by atoms with Crippen LogP contribution in [-0.2, 0) is 12.8 Å². The number of carbonyl (C=O) groups is 1. The number of likely N-dealkylation sites (tertiary alicyclic amines) is 1. The average Bonchev–Trinajstić information content (AvgIpc) is 2.74. The van der Waals surface area contributed by atoms with Crippen LogP contribution in [0.3, 0.4) is 0 Å². The minimum absolute atomic E-state index is 0.00872. The third-order valence-electron chi connectivity index (χ3n) is 5.92. The molecule has 7 nitrogen and oxygen atoms in total. The van der Waals surface area contributed by atoms with Gasteiger partial charge in [-0.2, -0.15) is 0 Å². The van der Waals surface area contributed by atoms with Crippen molar-refractivity contribution < 1.29 is 4.79 Å². The summed E-state index contributed by atoms with van der Waals surface area (Å²) in [4.78, 5) is 36.6. The van der Waals surface area contributed by atoms with Gasteiger partial charge in [-0.15, -0.1) is 0 Å². The van der Waals surface area contributed by atoms with Crippen molar-refractivity contribution in [1.29, 1.82) is 0 Å². The third kappa shape index (κ3) is 4.28. The normalized spacial score (nSPS) is 17.0. The molecule has 2 heterocycles. The topological polar surface area (TPSA) is 81.3 Å². The zero-order valence-electron chi connectivity index (χ0n) is 17.2. The van der Waals surface area contributed by atoms with Crippen LogP contribution >= 0.6 is 0 Å². The Kier molecular flexibility index (Phi) is 5.56. The van der Waals surface area contributed by atoms with E-state index in [-0.39, 0.29) is 17.5 Å². The number of benzene rings is 1. The molecule has 1 aromatic heterocycles. The highest BCUT2D eigenvalue weighted by molar-refractivity contribution is 5.95. The Labute approximate surface area is 171 Å². The summed E-state index contributed by atoms with van der Waals surface area (Å²) in [5.41, 5.74) is 3.53. The first kappa shape index (κ1) is 19.5. The highest BCUT2D eigenvalue weighted by Gasteiger charge is 2.25. The van der Waals surface area contributed by atoms with Gasteiger partial charge in [-0.05, 0) is 56.7 Å². The van der Waals surface area contributed by atoms with Gasteiger partial charge in [0.25, 0.3) is 11.5 Å². The van der Waals surface area contributed by atoms with E-state index in [1.54, 1.807) is 0 Å². The van der Waals surface area contributed by atoms with Crippen molar-refractivity contribution in [2.75, 3.05) is 37.4 Å². The largest absolute Gasteiger partial charge is 0.378 e. The molecule has 1 aliphatic heterocycles. The van der Waals surface area contributed by atoms with E-state index in [1.165, 1.54) is 0 Å². The SMILES string of the molecule is CN(C)c1cccc(C(=O)N2CCC(Nc3nc4c(c(=O)[nH]3)CCCC4)CC2)c1. The summed E-state index contributed by atoms with van der Waals surface area (Å²) >= 11 is 0. The average molecular weight is 396 g/mol. The lowest BCUT2D eigenvalue weighted by Gasteiger charge is -2.33. The number of H-pyrrole nitrogens is 1. The monoisotopic (exact) mass is 395 g/mol. The van der Waals surface area contributed by atoms with E-state index < -0.39 is 0 Å². The molecule has 4 rings (SSSR count). The Morgan fingerprint density at radius 2 is 1.97 bits per heavy atom. The molecule has 29 heavy (non-hydrogen) atoms. The number of aryl methyl sites for hydroxylation is 1. The van der Waals surface area contributed by atoms with Gasteiger partial charge in [0.2, 0.25) is 5.95 Å². The van der Waals surface area contributed by atoms with Crippen LogP contribution < -0.4 is 15.8 Å². The predicted octanol–water partition coefficient (Wildman–Crippen LogP) is 2.43. The van der Waals surface area contributed by atoms with Gasteiger partial charge in [-0.25, -0.2) is 4.98 Å². The molecule has 1 aliphatic carbocycles. The van der Waals surface area contributed by atoms with Gasteiger partial charge < -0.3 is 15.1 Å². The van der Waals surface area contributed by atoms with Crippen molar-refractivity contribution in [2.24, 2.45) is 0 Å². The van der Waals surface area contributed by atoms with Crippen molar-refractivity contribution in [1.82, 2.24) is 14.9 Å². The van der Waals surface area contributed by atoms with Crippen LogP contribution in [0.1, 0.15) is 47.3 Å². The highest BCUT2D eigenvalue weighted by atomic mass is 16.2. The first-order valence-electron chi connectivity index (χ1n) is 10.5. The minimum Gasteiger partial charge on any atom is -0.378 e. The van der Waals surface area contributed by atoms with E-state index in [0.717, 1.165) is 61.0 Å². The second-order valence-electron chi connectivity index (χ2n) is 8.20. The maximum atomic E-state index is 12.9. The van der Waals surface area contributed by atoms with E-state index in [4.69, 9.17) is 0 Å². The molecule has 1 saturated heterocycles. The molecular weight excluding hydrogens is 366 g/mol. The Bertz CT molecular complexity index is 944. The van der Waals surface area contributed by atoms with E-state index >= 15 is 0 Å². The Morgan fingerprint density at radius 1 is 1.21 bits per heavy atom. The van der Waals surface area contributed by atoms with Crippen molar-refractivity contribution in [2.45, 2.75) is 44.6 Å². The number of hydrogen-bond acceptors (Lipinski definition) is 5. The number of rotatable bonds is 4. The zero-order valence-corrected chi connectivity index (χ0v) is 17.2. The smallest absolute Gasteiger partial charge is 0.255 e.